The third-order valence-corrected chi connectivity index (χ3v) is 3.35. The molecule has 0 atom stereocenters. The van der Waals surface area contributed by atoms with E-state index in [1.807, 2.05) is 13.8 Å². The molecule has 18 heavy (non-hydrogen) atoms. The van der Waals surface area contributed by atoms with Gasteiger partial charge in [-0.2, -0.15) is 5.10 Å². The quantitative estimate of drug-likeness (QED) is 0.907. The fourth-order valence-corrected chi connectivity index (χ4v) is 2.27. The number of halogens is 3. The molecule has 0 aliphatic heterocycles. The first kappa shape index (κ1) is 13.0. The second-order valence-electron chi connectivity index (χ2n) is 4.01. The minimum absolute atomic E-state index is 0.247. The minimum Gasteiger partial charge on any atom is -0.378 e. The molecule has 0 fully saturated rings. The molecular formula is C12H12BrF2N3. The van der Waals surface area contributed by atoms with Gasteiger partial charge in [-0.1, -0.05) is 0 Å². The molecule has 0 saturated heterocycles. The molecule has 2 rings (SSSR count). The Kier molecular flexibility index (Phi) is 3.65. The topological polar surface area (TPSA) is 40.7 Å². The first-order chi connectivity index (χ1) is 8.49. The van der Waals surface area contributed by atoms with Crippen LogP contribution in [0.2, 0.25) is 0 Å². The van der Waals surface area contributed by atoms with Crippen molar-refractivity contribution in [2.45, 2.75) is 20.4 Å². The van der Waals surface area contributed by atoms with Crippen LogP contribution in [0.25, 0.3) is 0 Å². The van der Waals surface area contributed by atoms with Crippen molar-refractivity contribution >= 4 is 21.6 Å². The van der Waals surface area contributed by atoms with Gasteiger partial charge in [-0.05, 0) is 35.8 Å². The molecule has 1 aromatic carbocycles. The molecule has 1 aromatic heterocycles. The molecule has 0 unspecified atom stereocenters. The van der Waals surface area contributed by atoms with E-state index in [2.05, 4.69) is 31.4 Å². The van der Waals surface area contributed by atoms with Crippen LogP contribution in [0.5, 0.6) is 0 Å². The number of rotatable bonds is 3. The van der Waals surface area contributed by atoms with Crippen molar-refractivity contribution in [1.82, 2.24) is 10.2 Å². The van der Waals surface area contributed by atoms with E-state index in [4.69, 9.17) is 0 Å². The molecule has 2 N–H and O–H groups in total. The van der Waals surface area contributed by atoms with Crippen LogP contribution in [0.1, 0.15) is 17.0 Å². The van der Waals surface area contributed by atoms with Gasteiger partial charge in [0.05, 0.1) is 11.4 Å². The summed E-state index contributed by atoms with van der Waals surface area (Å²) >= 11 is 3.13. The fourth-order valence-electron chi connectivity index (χ4n) is 1.72. The van der Waals surface area contributed by atoms with Crippen molar-refractivity contribution < 1.29 is 8.78 Å². The standard InChI is InChI=1S/C12H12BrF2N3/c1-6-9(7(2)18-17-6)5-16-12-10(13)3-8(14)4-11(12)15/h3-4,16H,5H2,1-2H3,(H,17,18). The Morgan fingerprint density at radius 1 is 1.33 bits per heavy atom. The first-order valence-electron chi connectivity index (χ1n) is 5.38. The summed E-state index contributed by atoms with van der Waals surface area (Å²) in [6.07, 6.45) is 0. The minimum atomic E-state index is -0.624. The summed E-state index contributed by atoms with van der Waals surface area (Å²) in [4.78, 5) is 0. The van der Waals surface area contributed by atoms with Crippen molar-refractivity contribution in [3.05, 3.63) is 45.2 Å². The molecule has 2 aromatic rings. The first-order valence-corrected chi connectivity index (χ1v) is 6.17. The van der Waals surface area contributed by atoms with Crippen molar-refractivity contribution in [3.8, 4) is 0 Å². The van der Waals surface area contributed by atoms with Crippen LogP contribution in [-0.4, -0.2) is 10.2 Å². The molecule has 0 bridgehead atoms. The zero-order valence-electron chi connectivity index (χ0n) is 9.94. The third-order valence-electron chi connectivity index (χ3n) is 2.73. The number of aromatic amines is 1. The van der Waals surface area contributed by atoms with Gasteiger partial charge in [-0.15, -0.1) is 0 Å². The van der Waals surface area contributed by atoms with Gasteiger partial charge in [-0.3, -0.25) is 5.10 Å². The molecule has 0 aliphatic rings. The summed E-state index contributed by atoms with van der Waals surface area (Å²) in [5, 5.41) is 9.86. The number of benzene rings is 1. The average Bonchev–Trinajstić information content (AvgIpc) is 2.58. The lowest BCUT2D eigenvalue weighted by atomic mass is 10.2. The largest absolute Gasteiger partial charge is 0.378 e. The predicted octanol–water partition coefficient (Wildman–Crippen LogP) is 3.68. The van der Waals surface area contributed by atoms with Gasteiger partial charge >= 0.3 is 0 Å². The van der Waals surface area contributed by atoms with Gasteiger partial charge < -0.3 is 5.32 Å². The van der Waals surface area contributed by atoms with Crippen LogP contribution in [0, 0.1) is 25.5 Å². The Labute approximate surface area is 112 Å². The lowest BCUT2D eigenvalue weighted by Gasteiger charge is -2.10. The molecule has 96 valence electrons. The second kappa shape index (κ2) is 5.06. The highest BCUT2D eigenvalue weighted by molar-refractivity contribution is 9.10. The third kappa shape index (κ3) is 2.53. The molecular weight excluding hydrogens is 304 g/mol. The molecule has 0 spiro atoms. The number of hydrogen-bond donors (Lipinski definition) is 2. The Bertz CT molecular complexity index is 538. The van der Waals surface area contributed by atoms with Crippen molar-refractivity contribution in [2.24, 2.45) is 0 Å². The number of nitrogens with zero attached hydrogens (tertiary/aromatic N) is 1. The zero-order chi connectivity index (χ0) is 13.3. The average molecular weight is 316 g/mol. The number of H-pyrrole nitrogens is 1. The summed E-state index contributed by atoms with van der Waals surface area (Å²) in [6.45, 7) is 4.19. The Hall–Kier alpha value is -1.43. The van der Waals surface area contributed by atoms with Gasteiger partial charge in [0.15, 0.2) is 0 Å². The summed E-state index contributed by atoms with van der Waals surface area (Å²) in [5.41, 5.74) is 3.01. The lowest BCUT2D eigenvalue weighted by Crippen LogP contribution is -2.04. The number of hydrogen-bond acceptors (Lipinski definition) is 2. The predicted molar refractivity (Wildman–Crippen MR) is 69.4 cm³/mol. The summed E-state index contributed by atoms with van der Waals surface area (Å²) in [5.74, 6) is -1.23. The van der Waals surface area contributed by atoms with Crippen LogP contribution < -0.4 is 5.32 Å². The van der Waals surface area contributed by atoms with Crippen molar-refractivity contribution in [1.29, 1.82) is 0 Å². The van der Waals surface area contributed by atoms with Crippen LogP contribution in [0.3, 0.4) is 0 Å². The molecule has 0 saturated carbocycles. The maximum absolute atomic E-state index is 13.6. The summed E-state index contributed by atoms with van der Waals surface area (Å²) in [7, 11) is 0. The maximum Gasteiger partial charge on any atom is 0.150 e. The Morgan fingerprint density at radius 3 is 2.61 bits per heavy atom. The molecule has 1 heterocycles. The molecule has 6 heteroatoms. The molecule has 0 radical (unpaired) electrons. The van der Waals surface area contributed by atoms with E-state index in [1.165, 1.54) is 6.07 Å². The molecule has 0 aliphatic carbocycles. The zero-order valence-corrected chi connectivity index (χ0v) is 11.5. The number of anilines is 1. The smallest absolute Gasteiger partial charge is 0.150 e. The van der Waals surface area contributed by atoms with E-state index in [0.717, 1.165) is 23.0 Å². The van der Waals surface area contributed by atoms with Gasteiger partial charge in [-0.25, -0.2) is 8.78 Å². The SMILES string of the molecule is Cc1n[nH]c(C)c1CNc1c(F)cc(F)cc1Br. The summed E-state index contributed by atoms with van der Waals surface area (Å²) < 4.78 is 26.9. The number of aromatic nitrogens is 2. The van der Waals surface area contributed by atoms with E-state index in [1.54, 1.807) is 0 Å². The van der Waals surface area contributed by atoms with Crippen LogP contribution in [0.4, 0.5) is 14.5 Å². The second-order valence-corrected chi connectivity index (χ2v) is 4.86. The van der Waals surface area contributed by atoms with E-state index >= 15 is 0 Å². The van der Waals surface area contributed by atoms with Gasteiger partial charge in [0.25, 0.3) is 0 Å². The van der Waals surface area contributed by atoms with Crippen LogP contribution in [-0.2, 0) is 6.54 Å². The highest BCUT2D eigenvalue weighted by atomic mass is 79.9. The van der Waals surface area contributed by atoms with Crippen LogP contribution in [0.15, 0.2) is 16.6 Å². The van der Waals surface area contributed by atoms with Crippen molar-refractivity contribution in [2.75, 3.05) is 5.32 Å². The van der Waals surface area contributed by atoms with Gasteiger partial charge in [0, 0.05) is 28.3 Å². The van der Waals surface area contributed by atoms with Crippen molar-refractivity contribution in [3.63, 3.8) is 0 Å². The highest BCUT2D eigenvalue weighted by Crippen LogP contribution is 2.27. The van der Waals surface area contributed by atoms with Gasteiger partial charge in [0.2, 0.25) is 0 Å². The monoisotopic (exact) mass is 315 g/mol. The normalized spacial score (nSPS) is 10.7. The van der Waals surface area contributed by atoms with E-state index in [-0.39, 0.29) is 5.69 Å². The van der Waals surface area contributed by atoms with E-state index < -0.39 is 11.6 Å². The lowest BCUT2D eigenvalue weighted by molar-refractivity contribution is 0.583. The fraction of sp³-hybridized carbons (Fsp3) is 0.250. The van der Waals surface area contributed by atoms with E-state index in [9.17, 15) is 8.78 Å². The van der Waals surface area contributed by atoms with E-state index in [0.29, 0.717) is 11.0 Å². The summed E-state index contributed by atoms with van der Waals surface area (Å²) in [6, 6.07) is 2.07. The number of nitrogens with one attached hydrogen (secondary N) is 2. The van der Waals surface area contributed by atoms with Gasteiger partial charge in [0.1, 0.15) is 11.6 Å². The Morgan fingerprint density at radius 2 is 2.06 bits per heavy atom. The van der Waals surface area contributed by atoms with Crippen LogP contribution >= 0.6 is 15.9 Å². The Balaban J connectivity index is 2.21. The maximum atomic E-state index is 13.6. The number of aryl methyl sites for hydroxylation is 2. The molecule has 3 nitrogen and oxygen atoms in total. The highest BCUT2D eigenvalue weighted by Gasteiger charge is 2.11. The molecule has 0 amide bonds.